The van der Waals surface area contributed by atoms with Crippen LogP contribution in [0.25, 0.3) is 0 Å². The van der Waals surface area contributed by atoms with Gasteiger partial charge >= 0.3 is 11.8 Å². The van der Waals surface area contributed by atoms with Crippen LogP contribution < -0.4 is 15.4 Å². The molecule has 0 heterocycles. The molecule has 0 spiro atoms. The maximum Gasteiger partial charge on any atom is 0.309 e. The summed E-state index contributed by atoms with van der Waals surface area (Å²) in [5.41, 5.74) is 1.81. The van der Waals surface area contributed by atoms with E-state index in [1.807, 2.05) is 61.5 Å². The molecule has 0 aliphatic heterocycles. The Bertz CT molecular complexity index is 671. The van der Waals surface area contributed by atoms with E-state index >= 15 is 0 Å². The van der Waals surface area contributed by atoms with Crippen LogP contribution in [0.15, 0.2) is 54.6 Å². The Morgan fingerprint density at radius 1 is 1.04 bits per heavy atom. The predicted octanol–water partition coefficient (Wildman–Crippen LogP) is 2.19. The molecule has 5 nitrogen and oxygen atoms in total. The number of rotatable bonds is 5. The molecule has 120 valence electrons. The third-order valence-electron chi connectivity index (χ3n) is 3.44. The highest BCUT2D eigenvalue weighted by Crippen LogP contribution is 2.12. The van der Waals surface area contributed by atoms with Crippen molar-refractivity contribution in [3.05, 3.63) is 65.7 Å². The maximum absolute atomic E-state index is 11.9. The number of hydrogen-bond acceptors (Lipinski definition) is 3. The fourth-order valence-electron chi connectivity index (χ4n) is 2.13. The van der Waals surface area contributed by atoms with Crippen LogP contribution in [0.1, 0.15) is 24.1 Å². The maximum atomic E-state index is 11.9. The quantitative estimate of drug-likeness (QED) is 0.832. The first-order valence-electron chi connectivity index (χ1n) is 7.36. The molecule has 0 bridgehead atoms. The highest BCUT2D eigenvalue weighted by molar-refractivity contribution is 6.35. The van der Waals surface area contributed by atoms with Gasteiger partial charge in [-0.3, -0.25) is 9.59 Å². The summed E-state index contributed by atoms with van der Waals surface area (Å²) in [6.07, 6.45) is 0. The van der Waals surface area contributed by atoms with Gasteiger partial charge in [-0.25, -0.2) is 0 Å². The Balaban J connectivity index is 1.86. The van der Waals surface area contributed by atoms with Crippen molar-refractivity contribution in [3.8, 4) is 5.75 Å². The molecule has 2 aromatic rings. The predicted molar refractivity (Wildman–Crippen MR) is 87.8 cm³/mol. The number of carbonyl (C=O) groups is 2. The highest BCUT2D eigenvalue weighted by atomic mass is 16.5. The van der Waals surface area contributed by atoms with Crippen molar-refractivity contribution in [2.45, 2.75) is 19.5 Å². The first-order chi connectivity index (χ1) is 11.1. The Morgan fingerprint density at radius 2 is 1.78 bits per heavy atom. The molecular weight excluding hydrogens is 292 g/mol. The van der Waals surface area contributed by atoms with E-state index in [4.69, 9.17) is 4.74 Å². The van der Waals surface area contributed by atoms with Gasteiger partial charge in [-0.15, -0.1) is 0 Å². The summed E-state index contributed by atoms with van der Waals surface area (Å²) in [5.74, 6) is -0.598. The fraction of sp³-hybridized carbons (Fsp3) is 0.222. The van der Waals surface area contributed by atoms with Crippen LogP contribution in [0, 0.1) is 0 Å². The molecule has 2 rings (SSSR count). The van der Waals surface area contributed by atoms with Crippen LogP contribution in [0.4, 0.5) is 0 Å². The van der Waals surface area contributed by atoms with Crippen LogP contribution in [0.2, 0.25) is 0 Å². The van der Waals surface area contributed by atoms with Gasteiger partial charge in [0, 0.05) is 6.54 Å². The third-order valence-corrected chi connectivity index (χ3v) is 3.44. The topological polar surface area (TPSA) is 67.4 Å². The summed E-state index contributed by atoms with van der Waals surface area (Å²) in [6, 6.07) is 16.6. The van der Waals surface area contributed by atoms with Crippen molar-refractivity contribution in [1.82, 2.24) is 10.6 Å². The van der Waals surface area contributed by atoms with Crippen LogP contribution >= 0.6 is 0 Å². The van der Waals surface area contributed by atoms with Gasteiger partial charge in [-0.2, -0.15) is 0 Å². The van der Waals surface area contributed by atoms with Gasteiger partial charge in [0.15, 0.2) is 0 Å². The Morgan fingerprint density at radius 3 is 2.48 bits per heavy atom. The second kappa shape index (κ2) is 7.98. The lowest BCUT2D eigenvalue weighted by atomic mass is 10.1. The lowest BCUT2D eigenvalue weighted by molar-refractivity contribution is -0.139. The van der Waals surface area contributed by atoms with Crippen LogP contribution in [-0.2, 0) is 16.1 Å². The summed E-state index contributed by atoms with van der Waals surface area (Å²) in [7, 11) is 1.58. The zero-order chi connectivity index (χ0) is 16.7. The van der Waals surface area contributed by atoms with Crippen LogP contribution in [-0.4, -0.2) is 18.9 Å². The molecule has 0 aliphatic carbocycles. The molecule has 0 aromatic heterocycles. The lowest BCUT2D eigenvalue weighted by Crippen LogP contribution is -2.40. The molecule has 23 heavy (non-hydrogen) atoms. The van der Waals surface area contributed by atoms with E-state index in [9.17, 15) is 9.59 Å². The zero-order valence-corrected chi connectivity index (χ0v) is 13.2. The second-order valence-corrected chi connectivity index (χ2v) is 5.14. The fourth-order valence-corrected chi connectivity index (χ4v) is 2.13. The minimum absolute atomic E-state index is 0.230. The third kappa shape index (κ3) is 4.85. The van der Waals surface area contributed by atoms with E-state index in [0.717, 1.165) is 11.1 Å². The number of ether oxygens (including phenoxy) is 1. The number of benzene rings is 2. The minimum Gasteiger partial charge on any atom is -0.497 e. The van der Waals surface area contributed by atoms with Gasteiger partial charge < -0.3 is 15.4 Å². The Kier molecular flexibility index (Phi) is 5.74. The van der Waals surface area contributed by atoms with Crippen molar-refractivity contribution < 1.29 is 14.3 Å². The average molecular weight is 312 g/mol. The van der Waals surface area contributed by atoms with Crippen LogP contribution in [0.5, 0.6) is 5.75 Å². The van der Waals surface area contributed by atoms with Crippen molar-refractivity contribution in [2.24, 2.45) is 0 Å². The molecule has 0 saturated heterocycles. The number of methoxy groups -OCH3 is 1. The largest absolute Gasteiger partial charge is 0.497 e. The molecule has 2 amide bonds. The van der Waals surface area contributed by atoms with Crippen molar-refractivity contribution in [2.75, 3.05) is 7.11 Å². The molecule has 2 aromatic carbocycles. The smallest absolute Gasteiger partial charge is 0.309 e. The molecule has 0 saturated carbocycles. The first kappa shape index (κ1) is 16.5. The molecular formula is C18H20N2O3. The van der Waals surface area contributed by atoms with Gasteiger partial charge in [-0.1, -0.05) is 42.5 Å². The highest BCUT2D eigenvalue weighted by Gasteiger charge is 2.16. The zero-order valence-electron chi connectivity index (χ0n) is 13.2. The number of nitrogens with one attached hydrogen (secondary N) is 2. The minimum atomic E-state index is -0.657. The summed E-state index contributed by atoms with van der Waals surface area (Å²) < 4.78 is 5.12. The van der Waals surface area contributed by atoms with E-state index < -0.39 is 11.8 Å². The summed E-state index contributed by atoms with van der Waals surface area (Å²) >= 11 is 0. The first-order valence-corrected chi connectivity index (χ1v) is 7.36. The summed E-state index contributed by atoms with van der Waals surface area (Å²) in [6.45, 7) is 2.10. The van der Waals surface area contributed by atoms with Gasteiger partial charge in [0.2, 0.25) is 0 Å². The standard InChI is InChI=1S/C18H20N2O3/c1-13(15-8-4-3-5-9-15)20-18(22)17(21)19-12-14-7-6-10-16(11-14)23-2/h3-11,13H,12H2,1-2H3,(H,19,21)(H,20,22)/t13-/m1/s1. The molecule has 0 fully saturated rings. The molecule has 2 N–H and O–H groups in total. The van der Waals surface area contributed by atoms with E-state index in [-0.39, 0.29) is 12.6 Å². The molecule has 1 atom stereocenters. The summed E-state index contributed by atoms with van der Waals surface area (Å²) in [5, 5.41) is 5.28. The van der Waals surface area contributed by atoms with E-state index in [0.29, 0.717) is 5.75 Å². The number of carbonyl (C=O) groups excluding carboxylic acids is 2. The number of amides is 2. The molecule has 0 radical (unpaired) electrons. The van der Waals surface area contributed by atoms with E-state index in [1.54, 1.807) is 7.11 Å². The summed E-state index contributed by atoms with van der Waals surface area (Å²) in [4.78, 5) is 23.8. The average Bonchev–Trinajstić information content (AvgIpc) is 2.60. The van der Waals surface area contributed by atoms with Crippen molar-refractivity contribution >= 4 is 11.8 Å². The molecule has 0 unspecified atom stereocenters. The molecule has 0 aliphatic rings. The second-order valence-electron chi connectivity index (χ2n) is 5.14. The van der Waals surface area contributed by atoms with Crippen molar-refractivity contribution in [1.29, 1.82) is 0 Å². The normalized spacial score (nSPS) is 11.4. The van der Waals surface area contributed by atoms with E-state index in [1.165, 1.54) is 0 Å². The van der Waals surface area contributed by atoms with Crippen LogP contribution in [0.3, 0.4) is 0 Å². The van der Waals surface area contributed by atoms with Gasteiger partial charge in [0.05, 0.1) is 13.2 Å². The van der Waals surface area contributed by atoms with E-state index in [2.05, 4.69) is 10.6 Å². The SMILES string of the molecule is COc1cccc(CNC(=O)C(=O)N[C@H](C)c2ccccc2)c1. The van der Waals surface area contributed by atoms with Gasteiger partial charge in [0.25, 0.3) is 0 Å². The lowest BCUT2D eigenvalue weighted by Gasteiger charge is -2.14. The Labute approximate surface area is 135 Å². The Hall–Kier alpha value is -2.82. The van der Waals surface area contributed by atoms with Gasteiger partial charge in [0.1, 0.15) is 5.75 Å². The molecule has 5 heteroatoms. The van der Waals surface area contributed by atoms with Crippen molar-refractivity contribution in [3.63, 3.8) is 0 Å². The monoisotopic (exact) mass is 312 g/mol. The van der Waals surface area contributed by atoms with Gasteiger partial charge in [-0.05, 0) is 30.2 Å². The number of hydrogen-bond donors (Lipinski definition) is 2.